The molecule has 1 aromatic carbocycles. The van der Waals surface area contributed by atoms with Crippen LogP contribution in [0.25, 0.3) is 0 Å². The molecule has 0 spiro atoms. The highest BCUT2D eigenvalue weighted by Gasteiger charge is 1.92. The van der Waals surface area contributed by atoms with E-state index in [4.69, 9.17) is 4.74 Å². The van der Waals surface area contributed by atoms with E-state index in [1.165, 1.54) is 0 Å². The molecule has 2 rings (SSSR count). The van der Waals surface area contributed by atoms with Crippen molar-refractivity contribution in [1.29, 1.82) is 0 Å². The normalized spacial score (nSPS) is 10.8. The van der Waals surface area contributed by atoms with E-state index in [9.17, 15) is 0 Å². The van der Waals surface area contributed by atoms with Crippen molar-refractivity contribution in [3.8, 4) is 5.75 Å². The molecule has 1 N–H and O–H groups in total. The Labute approximate surface area is 94.8 Å². The fraction of sp³-hybridized carbons (Fsp3) is 0.154. The summed E-state index contributed by atoms with van der Waals surface area (Å²) >= 11 is 0. The second kappa shape index (κ2) is 5.16. The first-order valence-corrected chi connectivity index (χ1v) is 5.29. The molecule has 0 atom stereocenters. The highest BCUT2D eigenvalue weighted by atomic mass is 16.5. The predicted octanol–water partition coefficient (Wildman–Crippen LogP) is 3.16. The maximum atomic E-state index is 5.35. The number of hydrogen-bond donors (Lipinski definition) is 1. The van der Waals surface area contributed by atoms with Gasteiger partial charge in [-0.15, -0.1) is 0 Å². The van der Waals surface area contributed by atoms with Gasteiger partial charge in [-0.1, -0.05) is 0 Å². The molecule has 0 saturated carbocycles. The van der Waals surface area contributed by atoms with Gasteiger partial charge < -0.3 is 9.72 Å². The molecule has 1 aromatic heterocycles. The van der Waals surface area contributed by atoms with Gasteiger partial charge in [0.15, 0.2) is 0 Å². The molecule has 3 nitrogen and oxygen atoms in total. The summed E-state index contributed by atoms with van der Waals surface area (Å²) in [6.07, 6.45) is 3.68. The lowest BCUT2D eigenvalue weighted by molar-refractivity contribution is 0.340. The average molecular weight is 214 g/mol. The summed E-state index contributed by atoms with van der Waals surface area (Å²) in [6.45, 7) is 2.66. The van der Waals surface area contributed by atoms with E-state index in [2.05, 4.69) is 9.98 Å². The number of aromatic amines is 1. The first-order valence-electron chi connectivity index (χ1n) is 5.29. The molecule has 0 bridgehead atoms. The fourth-order valence-corrected chi connectivity index (χ4v) is 1.36. The van der Waals surface area contributed by atoms with E-state index in [-0.39, 0.29) is 0 Å². The fourth-order valence-electron chi connectivity index (χ4n) is 1.36. The Morgan fingerprint density at radius 1 is 1.25 bits per heavy atom. The molecule has 0 aliphatic carbocycles. The summed E-state index contributed by atoms with van der Waals surface area (Å²) < 4.78 is 5.35. The zero-order chi connectivity index (χ0) is 11.2. The van der Waals surface area contributed by atoms with E-state index >= 15 is 0 Å². The minimum atomic E-state index is 0.686. The Kier molecular flexibility index (Phi) is 3.38. The Morgan fingerprint density at radius 2 is 2.06 bits per heavy atom. The molecule has 0 aliphatic rings. The topological polar surface area (TPSA) is 37.4 Å². The molecule has 0 amide bonds. The second-order valence-corrected chi connectivity index (χ2v) is 3.31. The number of H-pyrrole nitrogens is 1. The van der Waals surface area contributed by atoms with Gasteiger partial charge in [-0.25, -0.2) is 0 Å². The quantitative estimate of drug-likeness (QED) is 0.780. The third-order valence-corrected chi connectivity index (χ3v) is 2.12. The van der Waals surface area contributed by atoms with Crippen molar-refractivity contribution in [3.63, 3.8) is 0 Å². The van der Waals surface area contributed by atoms with Crippen molar-refractivity contribution < 1.29 is 4.74 Å². The number of nitrogens with one attached hydrogen (secondary N) is 1. The van der Waals surface area contributed by atoms with Gasteiger partial charge >= 0.3 is 0 Å². The molecule has 0 fully saturated rings. The van der Waals surface area contributed by atoms with Crippen molar-refractivity contribution in [2.75, 3.05) is 6.61 Å². The van der Waals surface area contributed by atoms with Crippen LogP contribution >= 0.6 is 0 Å². The molecular weight excluding hydrogens is 200 g/mol. The predicted molar refractivity (Wildman–Crippen MR) is 65.7 cm³/mol. The van der Waals surface area contributed by atoms with Crippen molar-refractivity contribution >= 4 is 11.9 Å². The lowest BCUT2D eigenvalue weighted by atomic mass is 10.3. The zero-order valence-corrected chi connectivity index (χ0v) is 9.18. The van der Waals surface area contributed by atoms with Gasteiger partial charge in [0.2, 0.25) is 0 Å². The van der Waals surface area contributed by atoms with Crippen LogP contribution in [0.2, 0.25) is 0 Å². The Bertz CT molecular complexity index is 443. The van der Waals surface area contributed by atoms with E-state index in [0.29, 0.717) is 6.61 Å². The molecular formula is C13H14N2O. The van der Waals surface area contributed by atoms with Crippen molar-refractivity contribution in [1.82, 2.24) is 4.98 Å². The maximum Gasteiger partial charge on any atom is 0.119 e. The Hall–Kier alpha value is -2.03. The number of ether oxygens (including phenoxy) is 1. The van der Waals surface area contributed by atoms with Gasteiger partial charge in [0, 0.05) is 6.20 Å². The number of rotatable bonds is 4. The van der Waals surface area contributed by atoms with Crippen LogP contribution in [0.15, 0.2) is 47.6 Å². The van der Waals surface area contributed by atoms with E-state index in [0.717, 1.165) is 17.1 Å². The van der Waals surface area contributed by atoms with Crippen molar-refractivity contribution in [3.05, 3.63) is 48.3 Å². The standard InChI is InChI=1S/C13H14N2O/c1-2-16-13-7-5-11(6-8-13)15-10-12-4-3-9-14-12/h3-10,14H,2H2,1H3. The molecule has 82 valence electrons. The molecule has 16 heavy (non-hydrogen) atoms. The van der Waals surface area contributed by atoms with Crippen LogP contribution < -0.4 is 4.74 Å². The summed E-state index contributed by atoms with van der Waals surface area (Å²) in [4.78, 5) is 7.40. The second-order valence-electron chi connectivity index (χ2n) is 3.31. The highest BCUT2D eigenvalue weighted by Crippen LogP contribution is 2.17. The molecule has 0 unspecified atom stereocenters. The summed E-state index contributed by atoms with van der Waals surface area (Å²) in [5.74, 6) is 0.876. The van der Waals surface area contributed by atoms with Gasteiger partial charge in [-0.2, -0.15) is 0 Å². The monoisotopic (exact) mass is 214 g/mol. The summed E-state index contributed by atoms with van der Waals surface area (Å²) in [7, 11) is 0. The SMILES string of the molecule is CCOc1ccc(N=Cc2ccc[nH]2)cc1. The van der Waals surface area contributed by atoms with E-state index < -0.39 is 0 Å². The van der Waals surface area contributed by atoms with Crippen molar-refractivity contribution in [2.24, 2.45) is 4.99 Å². The van der Waals surface area contributed by atoms with Gasteiger partial charge in [-0.3, -0.25) is 4.99 Å². The van der Waals surface area contributed by atoms with Crippen LogP contribution in [-0.4, -0.2) is 17.8 Å². The van der Waals surface area contributed by atoms with Crippen LogP contribution in [0.1, 0.15) is 12.6 Å². The Balaban J connectivity index is 2.05. The largest absolute Gasteiger partial charge is 0.494 e. The maximum absolute atomic E-state index is 5.35. The number of hydrogen-bond acceptors (Lipinski definition) is 2. The number of aliphatic imine (C=N–C) groups is 1. The number of benzene rings is 1. The molecule has 0 aliphatic heterocycles. The summed E-state index contributed by atoms with van der Waals surface area (Å²) in [5.41, 5.74) is 1.91. The van der Waals surface area contributed by atoms with Crippen LogP contribution in [0, 0.1) is 0 Å². The van der Waals surface area contributed by atoms with Gasteiger partial charge in [0.05, 0.1) is 24.2 Å². The van der Waals surface area contributed by atoms with E-state index in [1.807, 2.05) is 49.5 Å². The molecule has 0 saturated heterocycles. The molecule has 2 aromatic rings. The molecule has 0 radical (unpaired) electrons. The minimum Gasteiger partial charge on any atom is -0.494 e. The van der Waals surface area contributed by atoms with Gasteiger partial charge in [0.25, 0.3) is 0 Å². The summed E-state index contributed by atoms with van der Waals surface area (Å²) in [5, 5.41) is 0. The first kappa shape index (κ1) is 10.5. The van der Waals surface area contributed by atoms with Crippen molar-refractivity contribution in [2.45, 2.75) is 6.92 Å². The third-order valence-electron chi connectivity index (χ3n) is 2.12. The minimum absolute atomic E-state index is 0.686. The van der Waals surface area contributed by atoms with Crippen LogP contribution in [-0.2, 0) is 0 Å². The first-order chi connectivity index (χ1) is 7.88. The Morgan fingerprint density at radius 3 is 2.69 bits per heavy atom. The smallest absolute Gasteiger partial charge is 0.119 e. The molecule has 3 heteroatoms. The zero-order valence-electron chi connectivity index (χ0n) is 9.18. The average Bonchev–Trinajstić information content (AvgIpc) is 2.82. The number of nitrogens with zero attached hydrogens (tertiary/aromatic N) is 1. The van der Waals surface area contributed by atoms with E-state index in [1.54, 1.807) is 6.21 Å². The molecule has 1 heterocycles. The van der Waals surface area contributed by atoms with Crippen LogP contribution in [0.5, 0.6) is 5.75 Å². The van der Waals surface area contributed by atoms with Gasteiger partial charge in [-0.05, 0) is 43.3 Å². The highest BCUT2D eigenvalue weighted by molar-refractivity contribution is 5.79. The third kappa shape index (κ3) is 2.73. The lowest BCUT2D eigenvalue weighted by Gasteiger charge is -2.01. The number of aromatic nitrogens is 1. The van der Waals surface area contributed by atoms with Crippen LogP contribution in [0.3, 0.4) is 0 Å². The summed E-state index contributed by atoms with van der Waals surface area (Å²) in [6, 6.07) is 11.6. The van der Waals surface area contributed by atoms with Gasteiger partial charge in [0.1, 0.15) is 5.75 Å². The lowest BCUT2D eigenvalue weighted by Crippen LogP contribution is -1.89. The van der Waals surface area contributed by atoms with Crippen LogP contribution in [0.4, 0.5) is 5.69 Å².